The molecule has 0 aliphatic carbocycles. The van der Waals surface area contributed by atoms with Crippen molar-refractivity contribution >= 4 is 0 Å². The summed E-state index contributed by atoms with van der Waals surface area (Å²) in [6.45, 7) is 4.62. The van der Waals surface area contributed by atoms with Crippen LogP contribution in [0.3, 0.4) is 0 Å². The van der Waals surface area contributed by atoms with Crippen LogP contribution in [0.5, 0.6) is 0 Å². The second kappa shape index (κ2) is 18.3. The molecule has 0 rings (SSSR count). The van der Waals surface area contributed by atoms with E-state index in [4.69, 9.17) is 0 Å². The van der Waals surface area contributed by atoms with Gasteiger partial charge in [0.05, 0.1) is 27.2 Å². The normalized spacial score (nSPS) is 13.3. The zero-order valence-corrected chi connectivity index (χ0v) is 19.5. The van der Waals surface area contributed by atoms with Crippen LogP contribution >= 0.6 is 0 Å². The Morgan fingerprint density at radius 1 is 0.423 bits per heavy atom. The molecule has 0 saturated heterocycles. The molecule has 1 heteroatoms. The molecule has 0 bridgehead atoms. The highest BCUT2D eigenvalue weighted by molar-refractivity contribution is 4.59. The molecule has 158 valence electrons. The van der Waals surface area contributed by atoms with Gasteiger partial charge in [0.1, 0.15) is 0 Å². The first-order valence-electron chi connectivity index (χ1n) is 12.3. The van der Waals surface area contributed by atoms with Gasteiger partial charge in [0.15, 0.2) is 0 Å². The van der Waals surface area contributed by atoms with Crippen LogP contribution in [0.15, 0.2) is 0 Å². The molecule has 0 aliphatic rings. The van der Waals surface area contributed by atoms with Gasteiger partial charge < -0.3 is 4.48 Å². The minimum Gasteiger partial charge on any atom is -0.328 e. The van der Waals surface area contributed by atoms with Crippen LogP contribution in [-0.2, 0) is 0 Å². The molecular formula is C25H54N+. The van der Waals surface area contributed by atoms with E-state index in [1.807, 2.05) is 0 Å². The van der Waals surface area contributed by atoms with E-state index in [1.165, 1.54) is 122 Å². The van der Waals surface area contributed by atoms with Gasteiger partial charge in [-0.1, -0.05) is 110 Å². The van der Waals surface area contributed by atoms with E-state index in [1.54, 1.807) is 0 Å². The minimum atomic E-state index is 0.872. The maximum Gasteiger partial charge on any atom is 0.0884 e. The third kappa shape index (κ3) is 17.4. The standard InChI is InChI=1S/C25H54N/c1-6-8-10-11-12-13-14-15-16-17-18-19-20-21-22-24-25(23-9-7-2)26(3,4)5/h25H,6-24H2,1-5H3/q+1. The Hall–Kier alpha value is -0.0400. The molecule has 0 aliphatic heterocycles. The van der Waals surface area contributed by atoms with Crippen molar-refractivity contribution in [1.82, 2.24) is 0 Å². The van der Waals surface area contributed by atoms with Crippen LogP contribution in [0.1, 0.15) is 136 Å². The molecule has 0 saturated carbocycles. The lowest BCUT2D eigenvalue weighted by atomic mass is 9.99. The summed E-state index contributed by atoms with van der Waals surface area (Å²) < 4.78 is 1.15. The SMILES string of the molecule is CCCCCCCCCCCCCCCCCC(CCCC)[N+](C)(C)C. The zero-order valence-electron chi connectivity index (χ0n) is 19.5. The second-order valence-electron chi connectivity index (χ2n) is 9.65. The summed E-state index contributed by atoms with van der Waals surface area (Å²) >= 11 is 0. The molecule has 1 atom stereocenters. The summed E-state index contributed by atoms with van der Waals surface area (Å²) in [6, 6.07) is 0.872. The van der Waals surface area contributed by atoms with Gasteiger partial charge in [-0.25, -0.2) is 0 Å². The van der Waals surface area contributed by atoms with Crippen molar-refractivity contribution in [3.05, 3.63) is 0 Å². The van der Waals surface area contributed by atoms with Crippen LogP contribution in [0, 0.1) is 0 Å². The Balaban J connectivity index is 3.34. The third-order valence-corrected chi connectivity index (χ3v) is 6.13. The molecule has 0 amide bonds. The molecule has 26 heavy (non-hydrogen) atoms. The lowest BCUT2D eigenvalue weighted by Crippen LogP contribution is -2.45. The van der Waals surface area contributed by atoms with Crippen molar-refractivity contribution in [3.8, 4) is 0 Å². The fourth-order valence-electron chi connectivity index (χ4n) is 4.11. The number of quaternary nitrogens is 1. The summed E-state index contributed by atoms with van der Waals surface area (Å²) in [7, 11) is 7.14. The van der Waals surface area contributed by atoms with Crippen LogP contribution < -0.4 is 0 Å². The quantitative estimate of drug-likeness (QED) is 0.149. The summed E-state index contributed by atoms with van der Waals surface area (Å²) in [5, 5.41) is 0. The first kappa shape index (κ1) is 26.0. The number of hydrogen-bond acceptors (Lipinski definition) is 0. The van der Waals surface area contributed by atoms with Crippen LogP contribution in [0.2, 0.25) is 0 Å². The number of unbranched alkanes of at least 4 members (excludes halogenated alkanes) is 15. The molecule has 0 N–H and O–H groups in total. The Labute approximate surface area is 167 Å². The van der Waals surface area contributed by atoms with Gasteiger partial charge in [-0.2, -0.15) is 0 Å². The van der Waals surface area contributed by atoms with Crippen LogP contribution in [0.4, 0.5) is 0 Å². The van der Waals surface area contributed by atoms with Crippen LogP contribution in [-0.4, -0.2) is 31.7 Å². The molecule has 0 aromatic carbocycles. The monoisotopic (exact) mass is 368 g/mol. The highest BCUT2D eigenvalue weighted by Gasteiger charge is 2.22. The molecule has 0 fully saturated rings. The molecule has 1 nitrogen and oxygen atoms in total. The average Bonchev–Trinajstić information content (AvgIpc) is 2.59. The largest absolute Gasteiger partial charge is 0.328 e. The van der Waals surface area contributed by atoms with Crippen molar-refractivity contribution in [2.75, 3.05) is 21.1 Å². The lowest BCUT2D eigenvalue weighted by Gasteiger charge is -2.34. The smallest absolute Gasteiger partial charge is 0.0884 e. The van der Waals surface area contributed by atoms with Crippen molar-refractivity contribution in [2.24, 2.45) is 0 Å². The Morgan fingerprint density at radius 3 is 1.08 bits per heavy atom. The Morgan fingerprint density at radius 2 is 0.731 bits per heavy atom. The Kier molecular flexibility index (Phi) is 18.3. The molecular weight excluding hydrogens is 314 g/mol. The van der Waals surface area contributed by atoms with Gasteiger partial charge in [0, 0.05) is 0 Å². The molecule has 1 unspecified atom stereocenters. The molecule has 0 heterocycles. The summed E-state index contributed by atoms with van der Waals surface area (Å²) in [5.74, 6) is 0. The molecule has 0 radical (unpaired) electrons. The van der Waals surface area contributed by atoms with E-state index >= 15 is 0 Å². The van der Waals surface area contributed by atoms with Gasteiger partial charge in [-0.05, 0) is 25.7 Å². The van der Waals surface area contributed by atoms with Crippen molar-refractivity contribution < 1.29 is 4.48 Å². The first-order chi connectivity index (χ1) is 12.5. The van der Waals surface area contributed by atoms with Crippen LogP contribution in [0.25, 0.3) is 0 Å². The number of rotatable bonds is 20. The summed E-state index contributed by atoms with van der Waals surface area (Å²) in [4.78, 5) is 0. The van der Waals surface area contributed by atoms with Crippen molar-refractivity contribution in [1.29, 1.82) is 0 Å². The topological polar surface area (TPSA) is 0 Å². The van der Waals surface area contributed by atoms with Gasteiger partial charge in [0.25, 0.3) is 0 Å². The van der Waals surface area contributed by atoms with Gasteiger partial charge in [0.2, 0.25) is 0 Å². The minimum absolute atomic E-state index is 0.872. The number of hydrogen-bond donors (Lipinski definition) is 0. The third-order valence-electron chi connectivity index (χ3n) is 6.13. The first-order valence-corrected chi connectivity index (χ1v) is 12.3. The van der Waals surface area contributed by atoms with E-state index < -0.39 is 0 Å². The van der Waals surface area contributed by atoms with E-state index in [9.17, 15) is 0 Å². The zero-order chi connectivity index (χ0) is 19.5. The molecule has 0 spiro atoms. The lowest BCUT2D eigenvalue weighted by molar-refractivity contribution is -0.896. The van der Waals surface area contributed by atoms with Gasteiger partial charge >= 0.3 is 0 Å². The predicted octanol–water partition coefficient (Wildman–Crippen LogP) is 8.51. The van der Waals surface area contributed by atoms with Gasteiger partial charge in [-0.3, -0.25) is 0 Å². The fraction of sp³-hybridized carbons (Fsp3) is 1.00. The van der Waals surface area contributed by atoms with E-state index in [-0.39, 0.29) is 0 Å². The van der Waals surface area contributed by atoms with E-state index in [0.29, 0.717) is 0 Å². The van der Waals surface area contributed by atoms with E-state index in [0.717, 1.165) is 10.5 Å². The molecule has 0 aromatic rings. The highest BCUT2D eigenvalue weighted by Crippen LogP contribution is 2.19. The van der Waals surface area contributed by atoms with Crippen molar-refractivity contribution in [2.45, 2.75) is 142 Å². The van der Waals surface area contributed by atoms with Crippen molar-refractivity contribution in [3.63, 3.8) is 0 Å². The van der Waals surface area contributed by atoms with E-state index in [2.05, 4.69) is 35.0 Å². The second-order valence-corrected chi connectivity index (χ2v) is 9.65. The molecule has 0 aromatic heterocycles. The maximum atomic E-state index is 2.38. The summed E-state index contributed by atoms with van der Waals surface area (Å²) in [5.41, 5.74) is 0. The average molecular weight is 369 g/mol. The highest BCUT2D eigenvalue weighted by atomic mass is 15.3. The summed E-state index contributed by atoms with van der Waals surface area (Å²) in [6.07, 6.45) is 27.5. The van der Waals surface area contributed by atoms with Gasteiger partial charge in [-0.15, -0.1) is 0 Å². The predicted molar refractivity (Wildman–Crippen MR) is 121 cm³/mol. The fourth-order valence-corrected chi connectivity index (χ4v) is 4.11. The number of nitrogens with zero attached hydrogens (tertiary/aromatic N) is 1. The Bertz CT molecular complexity index is 266. The maximum absolute atomic E-state index is 2.38.